The smallest absolute Gasteiger partial charge is 0.255 e. The Morgan fingerprint density at radius 3 is 3.11 bits per heavy atom. The predicted octanol–water partition coefficient (Wildman–Crippen LogP) is 1.89. The lowest BCUT2D eigenvalue weighted by molar-refractivity contribution is 0.0747. The highest BCUT2D eigenvalue weighted by atomic mass is 16.2. The molecule has 18 heavy (non-hydrogen) atoms. The molecule has 0 aromatic carbocycles. The van der Waals surface area contributed by atoms with Crippen molar-refractivity contribution in [3.8, 4) is 0 Å². The Balaban J connectivity index is 1.98. The minimum absolute atomic E-state index is 0.0787. The van der Waals surface area contributed by atoms with Crippen LogP contribution in [0.15, 0.2) is 12.3 Å². The molecule has 1 aliphatic heterocycles. The Hall–Kier alpha value is -1.91. The number of aryl methyl sites for hydroxylation is 1. The molecule has 2 aromatic heterocycles. The summed E-state index contributed by atoms with van der Waals surface area (Å²) >= 11 is 0. The van der Waals surface area contributed by atoms with Crippen molar-refractivity contribution in [1.82, 2.24) is 20.1 Å². The maximum Gasteiger partial charge on any atom is 0.255 e. The Bertz CT molecular complexity index is 604. The number of fused-ring (bicyclic) bond motifs is 1. The monoisotopic (exact) mass is 244 g/mol. The molecule has 5 nitrogen and oxygen atoms in total. The topological polar surface area (TPSA) is 61.9 Å². The van der Waals surface area contributed by atoms with Gasteiger partial charge in [-0.3, -0.25) is 9.89 Å². The van der Waals surface area contributed by atoms with Gasteiger partial charge < -0.3 is 4.90 Å². The number of aromatic amines is 1. The van der Waals surface area contributed by atoms with Crippen LogP contribution in [-0.4, -0.2) is 38.6 Å². The average molecular weight is 244 g/mol. The van der Waals surface area contributed by atoms with Gasteiger partial charge in [0.2, 0.25) is 0 Å². The number of amides is 1. The lowest BCUT2D eigenvalue weighted by Crippen LogP contribution is -2.33. The molecule has 1 N–H and O–H groups in total. The van der Waals surface area contributed by atoms with E-state index in [-0.39, 0.29) is 5.91 Å². The molecule has 0 radical (unpaired) electrons. The third-order valence-corrected chi connectivity index (χ3v) is 3.67. The normalized spacial score (nSPS) is 19.7. The number of hydrogen-bond acceptors (Lipinski definition) is 3. The van der Waals surface area contributed by atoms with Crippen LogP contribution in [0.3, 0.4) is 0 Å². The number of nitrogens with one attached hydrogen (secondary N) is 1. The fraction of sp³-hybridized carbons (Fsp3) is 0.462. The summed E-state index contributed by atoms with van der Waals surface area (Å²) in [5, 5.41) is 7.87. The van der Waals surface area contributed by atoms with Crippen LogP contribution < -0.4 is 0 Å². The van der Waals surface area contributed by atoms with Gasteiger partial charge in [-0.15, -0.1) is 0 Å². The number of nitrogens with zero attached hydrogens (tertiary/aromatic N) is 3. The molecule has 2 aromatic rings. The van der Waals surface area contributed by atoms with Crippen LogP contribution in [-0.2, 0) is 0 Å². The molecule has 1 aliphatic rings. The third-order valence-electron chi connectivity index (χ3n) is 3.67. The molecule has 0 aliphatic carbocycles. The molecule has 3 rings (SSSR count). The fourth-order valence-corrected chi connectivity index (χ4v) is 2.54. The summed E-state index contributed by atoms with van der Waals surface area (Å²) in [4.78, 5) is 18.6. The summed E-state index contributed by atoms with van der Waals surface area (Å²) in [6.45, 7) is 4.86. The standard InChI is InChI=1S/C13H16N4O/c1-8-4-3-5-17(8)13(18)10-6-11-9(2)15-16-12(11)14-7-10/h6-8H,3-5H2,1-2H3,(H,14,15,16)/t8-/m1/s1. The Labute approximate surface area is 105 Å². The second kappa shape index (κ2) is 4.08. The van der Waals surface area contributed by atoms with Gasteiger partial charge in [-0.2, -0.15) is 5.10 Å². The van der Waals surface area contributed by atoms with Gasteiger partial charge in [0, 0.05) is 24.2 Å². The molecule has 0 bridgehead atoms. The van der Waals surface area contributed by atoms with Crippen LogP contribution in [0, 0.1) is 6.92 Å². The molecule has 1 saturated heterocycles. The summed E-state index contributed by atoms with van der Waals surface area (Å²) in [5.74, 6) is 0.0787. The third kappa shape index (κ3) is 1.66. The number of likely N-dealkylation sites (tertiary alicyclic amines) is 1. The van der Waals surface area contributed by atoms with Gasteiger partial charge in [-0.1, -0.05) is 0 Å². The molecular formula is C13H16N4O. The summed E-state index contributed by atoms with van der Waals surface area (Å²) < 4.78 is 0. The SMILES string of the molecule is Cc1n[nH]c2ncc(C(=O)N3CCC[C@H]3C)cc12. The van der Waals surface area contributed by atoms with Crippen molar-refractivity contribution in [3.63, 3.8) is 0 Å². The summed E-state index contributed by atoms with van der Waals surface area (Å²) in [6.07, 6.45) is 3.81. The first kappa shape index (κ1) is 11.2. The lowest BCUT2D eigenvalue weighted by atomic mass is 10.2. The first-order valence-electron chi connectivity index (χ1n) is 6.28. The zero-order chi connectivity index (χ0) is 12.7. The van der Waals surface area contributed by atoms with Crippen LogP contribution >= 0.6 is 0 Å². The van der Waals surface area contributed by atoms with Gasteiger partial charge in [0.15, 0.2) is 5.65 Å². The summed E-state index contributed by atoms with van der Waals surface area (Å²) in [7, 11) is 0. The number of carbonyl (C=O) groups is 1. The molecule has 3 heterocycles. The lowest BCUT2D eigenvalue weighted by Gasteiger charge is -2.21. The van der Waals surface area contributed by atoms with Crippen LogP contribution in [0.25, 0.3) is 11.0 Å². The maximum absolute atomic E-state index is 12.4. The Morgan fingerprint density at radius 1 is 1.56 bits per heavy atom. The molecule has 94 valence electrons. The zero-order valence-corrected chi connectivity index (χ0v) is 10.6. The van der Waals surface area contributed by atoms with E-state index >= 15 is 0 Å². The van der Waals surface area contributed by atoms with Crippen LogP contribution in [0.5, 0.6) is 0 Å². The number of rotatable bonds is 1. The second-order valence-corrected chi connectivity index (χ2v) is 4.92. The van der Waals surface area contributed by atoms with Crippen LogP contribution in [0.2, 0.25) is 0 Å². The first-order chi connectivity index (χ1) is 8.66. The minimum Gasteiger partial charge on any atom is -0.336 e. The van der Waals surface area contributed by atoms with E-state index in [1.165, 1.54) is 0 Å². The molecule has 0 spiro atoms. The van der Waals surface area contributed by atoms with Crippen molar-refractivity contribution < 1.29 is 4.79 Å². The van der Waals surface area contributed by atoms with Gasteiger partial charge in [0.25, 0.3) is 5.91 Å². The maximum atomic E-state index is 12.4. The minimum atomic E-state index is 0.0787. The van der Waals surface area contributed by atoms with Crippen LogP contribution in [0.4, 0.5) is 0 Å². The van der Waals surface area contributed by atoms with Crippen molar-refractivity contribution in [2.45, 2.75) is 32.7 Å². The molecule has 1 atom stereocenters. The van der Waals surface area contributed by atoms with Gasteiger partial charge in [0.05, 0.1) is 11.3 Å². The highest BCUT2D eigenvalue weighted by Gasteiger charge is 2.26. The van der Waals surface area contributed by atoms with Crippen molar-refractivity contribution in [1.29, 1.82) is 0 Å². The molecule has 5 heteroatoms. The molecule has 1 fully saturated rings. The van der Waals surface area contributed by atoms with Gasteiger partial charge in [0.1, 0.15) is 0 Å². The number of hydrogen-bond donors (Lipinski definition) is 1. The largest absolute Gasteiger partial charge is 0.336 e. The summed E-state index contributed by atoms with van der Waals surface area (Å²) in [5.41, 5.74) is 2.26. The average Bonchev–Trinajstić information content (AvgIpc) is 2.95. The van der Waals surface area contributed by atoms with Crippen molar-refractivity contribution >= 4 is 16.9 Å². The predicted molar refractivity (Wildman–Crippen MR) is 68.4 cm³/mol. The quantitative estimate of drug-likeness (QED) is 0.833. The number of pyridine rings is 1. The zero-order valence-electron chi connectivity index (χ0n) is 10.6. The van der Waals surface area contributed by atoms with Crippen LogP contribution in [0.1, 0.15) is 35.8 Å². The van der Waals surface area contributed by atoms with E-state index in [1.54, 1.807) is 6.20 Å². The van der Waals surface area contributed by atoms with Crippen molar-refractivity contribution in [2.75, 3.05) is 6.54 Å². The highest BCUT2D eigenvalue weighted by molar-refractivity contribution is 5.97. The fourth-order valence-electron chi connectivity index (χ4n) is 2.54. The molecular weight excluding hydrogens is 228 g/mol. The van der Waals surface area contributed by atoms with E-state index < -0.39 is 0 Å². The van der Waals surface area contributed by atoms with Crippen molar-refractivity contribution in [3.05, 3.63) is 23.5 Å². The second-order valence-electron chi connectivity index (χ2n) is 4.92. The van der Waals surface area contributed by atoms with E-state index in [4.69, 9.17) is 0 Å². The molecule has 0 unspecified atom stereocenters. The Morgan fingerprint density at radius 2 is 2.39 bits per heavy atom. The van der Waals surface area contributed by atoms with Gasteiger partial charge in [-0.25, -0.2) is 4.98 Å². The van der Waals surface area contributed by atoms with Crippen molar-refractivity contribution in [2.24, 2.45) is 0 Å². The van der Waals surface area contributed by atoms with E-state index in [1.807, 2.05) is 17.9 Å². The van der Waals surface area contributed by atoms with E-state index in [9.17, 15) is 4.79 Å². The van der Waals surface area contributed by atoms with Gasteiger partial charge >= 0.3 is 0 Å². The molecule has 1 amide bonds. The number of carbonyl (C=O) groups excluding carboxylic acids is 1. The summed E-state index contributed by atoms with van der Waals surface area (Å²) in [6, 6.07) is 2.22. The Kier molecular flexibility index (Phi) is 2.54. The highest BCUT2D eigenvalue weighted by Crippen LogP contribution is 2.21. The van der Waals surface area contributed by atoms with E-state index in [0.717, 1.165) is 36.1 Å². The number of H-pyrrole nitrogens is 1. The van der Waals surface area contributed by atoms with E-state index in [2.05, 4.69) is 22.1 Å². The van der Waals surface area contributed by atoms with E-state index in [0.29, 0.717) is 11.6 Å². The van der Waals surface area contributed by atoms with Gasteiger partial charge in [-0.05, 0) is 32.8 Å². The first-order valence-corrected chi connectivity index (χ1v) is 6.28. The number of aromatic nitrogens is 3. The molecule has 0 saturated carbocycles.